The number of pyridine rings is 1. The molecule has 3 aromatic rings. The van der Waals surface area contributed by atoms with Gasteiger partial charge in [0.05, 0.1) is 35.7 Å². The summed E-state index contributed by atoms with van der Waals surface area (Å²) in [7, 11) is 3.15. The number of carbonyl (C=O) groups is 4. The molecule has 3 amide bonds. The molecule has 1 aromatic heterocycles. The Labute approximate surface area is 245 Å². The number of nitrogens with one attached hydrogen (secondary N) is 2. The summed E-state index contributed by atoms with van der Waals surface area (Å²) in [5.41, 5.74) is -0.143. The average molecular weight is 599 g/mol. The predicted octanol–water partition coefficient (Wildman–Crippen LogP) is 3.10. The van der Waals surface area contributed by atoms with E-state index in [9.17, 15) is 24.0 Å². The number of anilines is 2. The highest BCUT2D eigenvalue weighted by molar-refractivity contribution is 6.30. The molecular formula is C29H28ClFN4O7. The number of carbonyl (C=O) groups excluding carboxylic acids is 4. The smallest absolute Gasteiger partial charge is 0.310 e. The first kappa shape index (κ1) is 30.3. The zero-order valence-corrected chi connectivity index (χ0v) is 23.7. The molecule has 220 valence electrons. The average Bonchev–Trinajstić information content (AvgIpc) is 3.71. The zero-order valence-electron chi connectivity index (χ0n) is 22.9. The quantitative estimate of drug-likeness (QED) is 0.342. The van der Waals surface area contributed by atoms with Crippen LogP contribution < -0.4 is 20.9 Å². The van der Waals surface area contributed by atoms with E-state index in [4.69, 9.17) is 21.1 Å². The van der Waals surface area contributed by atoms with Crippen LogP contribution in [0.5, 0.6) is 5.75 Å². The number of hydrogen-bond donors (Lipinski definition) is 2. The Morgan fingerprint density at radius 3 is 2.21 bits per heavy atom. The Kier molecular flexibility index (Phi) is 9.26. The number of amides is 3. The van der Waals surface area contributed by atoms with Crippen LogP contribution in [-0.2, 0) is 23.9 Å². The van der Waals surface area contributed by atoms with E-state index in [0.29, 0.717) is 10.7 Å². The van der Waals surface area contributed by atoms with Gasteiger partial charge in [0, 0.05) is 43.1 Å². The second kappa shape index (κ2) is 12.9. The molecule has 0 spiro atoms. The minimum absolute atomic E-state index is 0.0615. The van der Waals surface area contributed by atoms with Crippen molar-refractivity contribution in [2.24, 2.45) is 17.8 Å². The van der Waals surface area contributed by atoms with Crippen molar-refractivity contribution in [1.82, 2.24) is 9.47 Å². The molecule has 2 N–H and O–H groups in total. The van der Waals surface area contributed by atoms with E-state index < -0.39 is 46.9 Å². The van der Waals surface area contributed by atoms with Crippen molar-refractivity contribution in [3.63, 3.8) is 0 Å². The molecule has 11 nitrogen and oxygen atoms in total. The van der Waals surface area contributed by atoms with Gasteiger partial charge in [-0.15, -0.1) is 0 Å². The van der Waals surface area contributed by atoms with Crippen molar-refractivity contribution in [2.75, 3.05) is 37.9 Å². The van der Waals surface area contributed by atoms with Crippen molar-refractivity contribution >= 4 is 46.7 Å². The maximum atomic E-state index is 15.0. The lowest BCUT2D eigenvalue weighted by atomic mass is 10.2. The number of rotatable bonds is 10. The molecule has 0 saturated heterocycles. The molecular weight excluding hydrogens is 571 g/mol. The van der Waals surface area contributed by atoms with Crippen LogP contribution in [0.4, 0.5) is 15.8 Å². The third kappa shape index (κ3) is 6.95. The van der Waals surface area contributed by atoms with E-state index in [1.54, 1.807) is 45.3 Å². The Bertz CT molecular complexity index is 1570. The van der Waals surface area contributed by atoms with Gasteiger partial charge >= 0.3 is 5.97 Å². The minimum Gasteiger partial charge on any atom is -0.484 e. The monoisotopic (exact) mass is 598 g/mol. The number of ether oxygens (including phenoxy) is 2. The summed E-state index contributed by atoms with van der Waals surface area (Å²) in [6, 6.07) is 12.6. The van der Waals surface area contributed by atoms with Gasteiger partial charge in [-0.05, 0) is 49.4 Å². The first-order chi connectivity index (χ1) is 20.0. The second-order valence-corrected chi connectivity index (χ2v) is 10.1. The zero-order chi connectivity index (χ0) is 30.6. The number of hydrogen-bond acceptors (Lipinski definition) is 7. The van der Waals surface area contributed by atoms with Gasteiger partial charge in [0.2, 0.25) is 11.8 Å². The lowest BCUT2D eigenvalue weighted by Gasteiger charge is -2.12. The summed E-state index contributed by atoms with van der Waals surface area (Å²) in [6.07, 6.45) is 1.36. The summed E-state index contributed by atoms with van der Waals surface area (Å²) in [5.74, 6) is -6.10. The number of nitrogens with zero attached hydrogens (tertiary/aromatic N) is 2. The van der Waals surface area contributed by atoms with Crippen molar-refractivity contribution in [2.45, 2.75) is 6.92 Å². The summed E-state index contributed by atoms with van der Waals surface area (Å²) < 4.78 is 26.6. The molecule has 1 aliphatic carbocycles. The first-order valence-corrected chi connectivity index (χ1v) is 13.3. The molecule has 0 aliphatic heterocycles. The van der Waals surface area contributed by atoms with Crippen molar-refractivity contribution in [3.05, 3.63) is 82.0 Å². The standard InChI is InChI=1S/C29H28ClFN4O7/c1-4-41-29(40)26-24(27(38)32-17-7-5-16(30)6-8-17)25(26)28(39)33-21-10-9-18(13-20(21)31)35-12-11-19(14-22(35)36)42-15-23(37)34(2)3/h5-14,24-26H,4,15H2,1-3H3,(H,32,38)(H,33,39)/t24-,25+,26+/m1/s1. The summed E-state index contributed by atoms with van der Waals surface area (Å²) in [5, 5.41) is 5.55. The highest BCUT2D eigenvalue weighted by atomic mass is 35.5. The number of likely N-dealkylation sites (N-methyl/N-ethyl adjacent to an activating group) is 1. The Morgan fingerprint density at radius 2 is 1.62 bits per heavy atom. The predicted molar refractivity (Wildman–Crippen MR) is 152 cm³/mol. The summed E-state index contributed by atoms with van der Waals surface area (Å²) in [4.78, 5) is 64.1. The Balaban J connectivity index is 1.46. The topological polar surface area (TPSA) is 136 Å². The highest BCUT2D eigenvalue weighted by Gasteiger charge is 2.63. The van der Waals surface area contributed by atoms with Crippen molar-refractivity contribution < 1.29 is 33.0 Å². The van der Waals surface area contributed by atoms with Gasteiger partial charge in [-0.1, -0.05) is 11.6 Å². The van der Waals surface area contributed by atoms with E-state index >= 15 is 4.39 Å². The molecule has 3 atom stereocenters. The van der Waals surface area contributed by atoms with Crippen LogP contribution in [-0.4, -0.2) is 60.5 Å². The van der Waals surface area contributed by atoms with Crippen LogP contribution in [0.2, 0.25) is 5.02 Å². The van der Waals surface area contributed by atoms with Crippen molar-refractivity contribution in [1.29, 1.82) is 0 Å². The second-order valence-electron chi connectivity index (χ2n) is 9.63. The fourth-order valence-electron chi connectivity index (χ4n) is 4.26. The first-order valence-electron chi connectivity index (χ1n) is 12.9. The maximum absolute atomic E-state index is 15.0. The maximum Gasteiger partial charge on any atom is 0.310 e. The number of halogens is 2. The molecule has 13 heteroatoms. The van der Waals surface area contributed by atoms with Crippen molar-refractivity contribution in [3.8, 4) is 11.4 Å². The van der Waals surface area contributed by atoms with Gasteiger partial charge < -0.3 is 25.0 Å². The fourth-order valence-corrected chi connectivity index (χ4v) is 4.39. The Morgan fingerprint density at radius 1 is 0.952 bits per heavy atom. The van der Waals surface area contributed by atoms with Crippen LogP contribution in [0.3, 0.4) is 0 Å². The molecule has 4 rings (SSSR count). The number of esters is 1. The van der Waals surface area contributed by atoms with Crippen LogP contribution >= 0.6 is 11.6 Å². The number of aromatic nitrogens is 1. The van der Waals surface area contributed by atoms with Gasteiger partial charge in [0.15, 0.2) is 6.61 Å². The van der Waals surface area contributed by atoms with Crippen LogP contribution in [0.15, 0.2) is 65.6 Å². The van der Waals surface area contributed by atoms with E-state index in [-0.39, 0.29) is 36.2 Å². The van der Waals surface area contributed by atoms with Crippen LogP contribution in [0, 0.1) is 23.6 Å². The minimum atomic E-state index is -1.08. The van der Waals surface area contributed by atoms with Gasteiger partial charge in [-0.3, -0.25) is 28.5 Å². The van der Waals surface area contributed by atoms with E-state index in [2.05, 4.69) is 10.6 Å². The molecule has 2 aromatic carbocycles. The molecule has 0 unspecified atom stereocenters. The third-order valence-corrected chi connectivity index (χ3v) is 6.79. The van der Waals surface area contributed by atoms with Gasteiger partial charge in [-0.25, -0.2) is 4.39 Å². The van der Waals surface area contributed by atoms with Gasteiger partial charge in [-0.2, -0.15) is 0 Å². The SMILES string of the molecule is CCOC(=O)[C@H]1[C@H](C(=O)Nc2ccc(Cl)cc2)[C@@H]1C(=O)Nc1ccc(-n2ccc(OCC(=O)N(C)C)cc2=O)cc1F. The largest absolute Gasteiger partial charge is 0.484 e. The lowest BCUT2D eigenvalue weighted by Crippen LogP contribution is -2.28. The molecule has 1 heterocycles. The molecule has 0 radical (unpaired) electrons. The van der Waals surface area contributed by atoms with E-state index in [0.717, 1.165) is 16.7 Å². The van der Waals surface area contributed by atoms with Gasteiger partial charge in [0.25, 0.3) is 11.5 Å². The highest BCUT2D eigenvalue weighted by Crippen LogP contribution is 2.48. The van der Waals surface area contributed by atoms with Crippen LogP contribution in [0.1, 0.15) is 6.92 Å². The third-order valence-electron chi connectivity index (χ3n) is 6.54. The molecule has 0 bridgehead atoms. The summed E-state index contributed by atoms with van der Waals surface area (Å²) in [6.45, 7) is 1.42. The Hall–Kier alpha value is -4.71. The van der Waals surface area contributed by atoms with E-state index in [1.807, 2.05) is 0 Å². The molecule has 1 fully saturated rings. The molecule has 1 saturated carbocycles. The van der Waals surface area contributed by atoms with E-state index in [1.165, 1.54) is 29.3 Å². The lowest BCUT2D eigenvalue weighted by molar-refractivity contribution is -0.146. The van der Waals surface area contributed by atoms with Crippen LogP contribution in [0.25, 0.3) is 5.69 Å². The fraction of sp³-hybridized carbons (Fsp3) is 0.276. The normalized spacial score (nSPS) is 17.1. The number of benzene rings is 2. The molecule has 42 heavy (non-hydrogen) atoms. The van der Waals surface area contributed by atoms with Gasteiger partial charge in [0.1, 0.15) is 11.6 Å². The molecule has 1 aliphatic rings. The summed E-state index contributed by atoms with van der Waals surface area (Å²) >= 11 is 5.87.